The first-order valence-electron chi connectivity index (χ1n) is 8.65. The summed E-state index contributed by atoms with van der Waals surface area (Å²) >= 11 is 0. The zero-order chi connectivity index (χ0) is 13.3. The Balaban J connectivity index is 1.61. The summed E-state index contributed by atoms with van der Waals surface area (Å²) in [6.07, 6.45) is 13.5. The molecule has 4 unspecified atom stereocenters. The summed E-state index contributed by atoms with van der Waals surface area (Å²) in [6.45, 7) is 5.74. The van der Waals surface area contributed by atoms with Crippen molar-refractivity contribution in [3.63, 3.8) is 0 Å². The average Bonchev–Trinajstić information content (AvgIpc) is 2.92. The number of hydrogen-bond donors (Lipinski definition) is 1. The molecular weight excluding hydrogens is 234 g/mol. The Morgan fingerprint density at radius 3 is 2.53 bits per heavy atom. The minimum absolute atomic E-state index is 0.507. The summed E-state index contributed by atoms with van der Waals surface area (Å²) in [5.74, 6) is 0.783. The van der Waals surface area contributed by atoms with E-state index in [4.69, 9.17) is 4.74 Å². The molecule has 0 aliphatic heterocycles. The maximum absolute atomic E-state index is 6.61. The largest absolute Gasteiger partial charge is 0.374 e. The molecule has 1 spiro atoms. The molecule has 19 heavy (non-hydrogen) atoms. The van der Waals surface area contributed by atoms with Crippen LogP contribution in [0.5, 0.6) is 0 Å². The van der Waals surface area contributed by atoms with E-state index in [9.17, 15) is 0 Å². The van der Waals surface area contributed by atoms with Gasteiger partial charge in [-0.1, -0.05) is 39.5 Å². The predicted molar refractivity (Wildman–Crippen MR) is 79.3 cm³/mol. The van der Waals surface area contributed by atoms with E-state index in [1.807, 2.05) is 0 Å². The summed E-state index contributed by atoms with van der Waals surface area (Å²) < 4.78 is 6.61. The van der Waals surface area contributed by atoms with E-state index in [1.54, 1.807) is 0 Å². The van der Waals surface area contributed by atoms with Crippen LogP contribution in [0.4, 0.5) is 0 Å². The van der Waals surface area contributed by atoms with Crippen LogP contribution in [0.25, 0.3) is 0 Å². The summed E-state index contributed by atoms with van der Waals surface area (Å²) in [7, 11) is 0. The van der Waals surface area contributed by atoms with Crippen LogP contribution < -0.4 is 5.32 Å². The van der Waals surface area contributed by atoms with E-state index in [0.29, 0.717) is 17.6 Å². The minimum Gasteiger partial charge on any atom is -0.374 e. The third-order valence-electron chi connectivity index (χ3n) is 6.14. The monoisotopic (exact) mass is 265 g/mol. The molecule has 2 heteroatoms. The highest BCUT2D eigenvalue weighted by molar-refractivity contribution is 5.10. The standard InChI is InChI=1S/C17H31NO/c1-3-18-15-12-16(17(15)10-6-7-11-17)19-14-9-5-4-8-13(14)2/h13-16,18H,3-12H2,1-2H3. The lowest BCUT2D eigenvalue weighted by molar-refractivity contribution is -0.176. The molecular formula is C17H31NO. The van der Waals surface area contributed by atoms with Crippen molar-refractivity contribution in [1.82, 2.24) is 5.32 Å². The molecule has 1 N–H and O–H groups in total. The zero-order valence-corrected chi connectivity index (χ0v) is 12.8. The van der Waals surface area contributed by atoms with Crippen LogP contribution in [0.15, 0.2) is 0 Å². The van der Waals surface area contributed by atoms with Gasteiger partial charge in [0.25, 0.3) is 0 Å². The summed E-state index contributed by atoms with van der Waals surface area (Å²) in [6, 6.07) is 0.740. The van der Waals surface area contributed by atoms with E-state index < -0.39 is 0 Å². The second kappa shape index (κ2) is 5.73. The lowest BCUT2D eigenvalue weighted by Crippen LogP contribution is -2.63. The van der Waals surface area contributed by atoms with Gasteiger partial charge in [-0.3, -0.25) is 0 Å². The lowest BCUT2D eigenvalue weighted by Gasteiger charge is -2.55. The van der Waals surface area contributed by atoms with Crippen molar-refractivity contribution in [2.24, 2.45) is 11.3 Å². The van der Waals surface area contributed by atoms with Crippen molar-refractivity contribution in [3.8, 4) is 0 Å². The third kappa shape index (κ3) is 2.47. The predicted octanol–water partition coefficient (Wildman–Crippen LogP) is 3.89. The van der Waals surface area contributed by atoms with Gasteiger partial charge in [-0.2, -0.15) is 0 Å². The topological polar surface area (TPSA) is 21.3 Å². The first kappa shape index (κ1) is 13.9. The Kier molecular flexibility index (Phi) is 4.19. The van der Waals surface area contributed by atoms with Gasteiger partial charge in [0, 0.05) is 11.5 Å². The molecule has 3 aliphatic carbocycles. The van der Waals surface area contributed by atoms with Gasteiger partial charge >= 0.3 is 0 Å². The molecule has 3 rings (SSSR count). The smallest absolute Gasteiger partial charge is 0.0665 e. The van der Waals surface area contributed by atoms with E-state index in [1.165, 1.54) is 57.8 Å². The molecule has 4 atom stereocenters. The number of ether oxygens (including phenoxy) is 1. The molecule has 0 amide bonds. The van der Waals surface area contributed by atoms with Crippen LogP contribution in [-0.4, -0.2) is 24.8 Å². The second-order valence-corrected chi connectivity index (χ2v) is 7.21. The van der Waals surface area contributed by atoms with Gasteiger partial charge < -0.3 is 10.1 Å². The zero-order valence-electron chi connectivity index (χ0n) is 12.8. The van der Waals surface area contributed by atoms with Gasteiger partial charge in [0.15, 0.2) is 0 Å². The molecule has 0 aromatic rings. The van der Waals surface area contributed by atoms with Gasteiger partial charge in [-0.25, -0.2) is 0 Å². The minimum atomic E-state index is 0.507. The van der Waals surface area contributed by atoms with Crippen LogP contribution in [0.3, 0.4) is 0 Å². The van der Waals surface area contributed by atoms with Crippen molar-refractivity contribution in [2.45, 2.75) is 89.9 Å². The third-order valence-corrected chi connectivity index (χ3v) is 6.14. The molecule has 0 heterocycles. The van der Waals surface area contributed by atoms with Crippen molar-refractivity contribution in [2.75, 3.05) is 6.54 Å². The van der Waals surface area contributed by atoms with Gasteiger partial charge in [0.2, 0.25) is 0 Å². The fourth-order valence-electron chi connectivity index (χ4n) is 4.87. The van der Waals surface area contributed by atoms with Gasteiger partial charge in [-0.05, 0) is 44.6 Å². The fourth-order valence-corrected chi connectivity index (χ4v) is 4.87. The van der Waals surface area contributed by atoms with E-state index in [2.05, 4.69) is 19.2 Å². The van der Waals surface area contributed by atoms with Gasteiger partial charge in [-0.15, -0.1) is 0 Å². The Labute approximate surface area is 118 Å². The number of rotatable bonds is 4. The number of nitrogens with one attached hydrogen (secondary N) is 1. The van der Waals surface area contributed by atoms with Crippen molar-refractivity contribution >= 4 is 0 Å². The Morgan fingerprint density at radius 2 is 1.84 bits per heavy atom. The molecule has 110 valence electrons. The average molecular weight is 265 g/mol. The first-order chi connectivity index (χ1) is 9.26. The highest BCUT2D eigenvalue weighted by atomic mass is 16.5. The van der Waals surface area contributed by atoms with E-state index in [0.717, 1.165) is 18.5 Å². The Hall–Kier alpha value is -0.0800. The highest BCUT2D eigenvalue weighted by Crippen LogP contribution is 2.55. The van der Waals surface area contributed by atoms with Crippen molar-refractivity contribution in [3.05, 3.63) is 0 Å². The maximum Gasteiger partial charge on any atom is 0.0665 e. The van der Waals surface area contributed by atoms with Crippen molar-refractivity contribution in [1.29, 1.82) is 0 Å². The first-order valence-corrected chi connectivity index (χ1v) is 8.65. The highest BCUT2D eigenvalue weighted by Gasteiger charge is 2.57. The van der Waals surface area contributed by atoms with Crippen LogP contribution in [0.1, 0.15) is 71.6 Å². The molecule has 3 aliphatic rings. The van der Waals surface area contributed by atoms with E-state index in [-0.39, 0.29) is 0 Å². The molecule has 3 fully saturated rings. The molecule has 0 bridgehead atoms. The molecule has 2 nitrogen and oxygen atoms in total. The molecule has 3 saturated carbocycles. The van der Waals surface area contributed by atoms with Crippen molar-refractivity contribution < 1.29 is 4.74 Å². The summed E-state index contributed by atoms with van der Waals surface area (Å²) in [4.78, 5) is 0. The second-order valence-electron chi connectivity index (χ2n) is 7.21. The molecule has 0 radical (unpaired) electrons. The molecule has 0 aromatic heterocycles. The van der Waals surface area contributed by atoms with Crippen LogP contribution in [-0.2, 0) is 4.74 Å². The molecule has 0 saturated heterocycles. The van der Waals surface area contributed by atoms with Crippen LogP contribution in [0, 0.1) is 11.3 Å². The lowest BCUT2D eigenvalue weighted by atomic mass is 9.60. The normalized spacial score (nSPS) is 41.4. The maximum atomic E-state index is 6.61. The molecule has 0 aromatic carbocycles. The van der Waals surface area contributed by atoms with E-state index >= 15 is 0 Å². The Morgan fingerprint density at radius 1 is 1.11 bits per heavy atom. The van der Waals surface area contributed by atoms with Crippen LogP contribution in [0.2, 0.25) is 0 Å². The van der Waals surface area contributed by atoms with Crippen LogP contribution >= 0.6 is 0 Å². The fraction of sp³-hybridized carbons (Fsp3) is 1.00. The number of hydrogen-bond acceptors (Lipinski definition) is 2. The summed E-state index contributed by atoms with van der Waals surface area (Å²) in [5.41, 5.74) is 0.507. The quantitative estimate of drug-likeness (QED) is 0.832. The Bertz CT molecular complexity index is 298. The SMILES string of the molecule is CCNC1CC(OC2CCCCC2C)C12CCCC2. The summed E-state index contributed by atoms with van der Waals surface area (Å²) in [5, 5.41) is 3.71. The van der Waals surface area contributed by atoms with Gasteiger partial charge in [0.1, 0.15) is 0 Å². The van der Waals surface area contributed by atoms with Gasteiger partial charge in [0.05, 0.1) is 12.2 Å².